The lowest BCUT2D eigenvalue weighted by Gasteiger charge is -2.02. The average Bonchev–Trinajstić information content (AvgIpc) is 2.16. The van der Waals surface area contributed by atoms with Crippen LogP contribution in [0.5, 0.6) is 0 Å². The lowest BCUT2D eigenvalue weighted by Crippen LogP contribution is -1.88. The van der Waals surface area contributed by atoms with Crippen LogP contribution in [-0.2, 0) is 6.42 Å². The molecular formula is C10H9ClN2. The Kier molecular flexibility index (Phi) is 2.15. The maximum atomic E-state index is 5.86. The Labute approximate surface area is 81.6 Å². The molecule has 0 aromatic carbocycles. The molecule has 0 saturated carbocycles. The van der Waals surface area contributed by atoms with E-state index in [-0.39, 0.29) is 0 Å². The summed E-state index contributed by atoms with van der Waals surface area (Å²) in [6.07, 6.45) is 4.47. The summed E-state index contributed by atoms with van der Waals surface area (Å²) in [5, 5.41) is 1.68. The molecule has 0 N–H and O–H groups in total. The van der Waals surface area contributed by atoms with Gasteiger partial charge in [-0.15, -0.1) is 0 Å². The smallest absolute Gasteiger partial charge is 0.130 e. The molecule has 0 saturated heterocycles. The molecule has 0 unspecified atom stereocenters. The number of rotatable bonds is 1. The summed E-state index contributed by atoms with van der Waals surface area (Å²) in [5.74, 6) is 0. The zero-order valence-corrected chi connectivity index (χ0v) is 8.04. The van der Waals surface area contributed by atoms with Gasteiger partial charge in [0, 0.05) is 11.6 Å². The third-order valence-electron chi connectivity index (χ3n) is 2.05. The molecule has 0 radical (unpaired) electrons. The molecule has 2 aromatic rings. The standard InChI is InChI=1S/C10H9ClN2/c1-2-7-5-10(11)13-9-6-12-4-3-8(7)9/h3-6H,2H2,1H3. The maximum Gasteiger partial charge on any atom is 0.130 e. The zero-order chi connectivity index (χ0) is 9.26. The topological polar surface area (TPSA) is 25.8 Å². The van der Waals surface area contributed by atoms with Gasteiger partial charge in [0.15, 0.2) is 0 Å². The molecule has 0 bridgehead atoms. The van der Waals surface area contributed by atoms with E-state index in [1.807, 2.05) is 12.1 Å². The Hall–Kier alpha value is -1.15. The largest absolute Gasteiger partial charge is 0.262 e. The zero-order valence-electron chi connectivity index (χ0n) is 7.29. The minimum atomic E-state index is 0.539. The molecule has 13 heavy (non-hydrogen) atoms. The first-order chi connectivity index (χ1) is 6.31. The van der Waals surface area contributed by atoms with Crippen molar-refractivity contribution in [2.24, 2.45) is 0 Å². The quantitative estimate of drug-likeness (QED) is 0.650. The van der Waals surface area contributed by atoms with Crippen molar-refractivity contribution in [3.63, 3.8) is 0 Å². The molecule has 2 nitrogen and oxygen atoms in total. The molecule has 3 heteroatoms. The molecule has 2 aromatic heterocycles. The van der Waals surface area contributed by atoms with Crippen LogP contribution in [0, 0.1) is 0 Å². The monoisotopic (exact) mass is 192 g/mol. The van der Waals surface area contributed by atoms with Crippen LogP contribution >= 0.6 is 11.6 Å². The summed E-state index contributed by atoms with van der Waals surface area (Å²) in [7, 11) is 0. The summed E-state index contributed by atoms with van der Waals surface area (Å²) < 4.78 is 0. The van der Waals surface area contributed by atoms with E-state index in [0.717, 1.165) is 17.3 Å². The van der Waals surface area contributed by atoms with Crippen LogP contribution in [0.3, 0.4) is 0 Å². The van der Waals surface area contributed by atoms with Crippen LogP contribution < -0.4 is 0 Å². The van der Waals surface area contributed by atoms with Crippen LogP contribution in [0.1, 0.15) is 12.5 Å². The molecule has 0 aliphatic heterocycles. The van der Waals surface area contributed by atoms with Gasteiger partial charge >= 0.3 is 0 Å². The van der Waals surface area contributed by atoms with E-state index in [9.17, 15) is 0 Å². The highest BCUT2D eigenvalue weighted by Gasteiger charge is 2.01. The number of hydrogen-bond acceptors (Lipinski definition) is 2. The van der Waals surface area contributed by atoms with E-state index in [2.05, 4.69) is 16.9 Å². The Balaban J connectivity index is 2.81. The van der Waals surface area contributed by atoms with Crippen LogP contribution in [-0.4, -0.2) is 9.97 Å². The Morgan fingerprint density at radius 2 is 2.31 bits per heavy atom. The molecule has 66 valence electrons. The van der Waals surface area contributed by atoms with Gasteiger partial charge in [-0.1, -0.05) is 18.5 Å². The minimum Gasteiger partial charge on any atom is -0.262 e. The Morgan fingerprint density at radius 3 is 3.08 bits per heavy atom. The van der Waals surface area contributed by atoms with Gasteiger partial charge in [0.1, 0.15) is 5.15 Å². The minimum absolute atomic E-state index is 0.539. The van der Waals surface area contributed by atoms with Crippen LogP contribution in [0.25, 0.3) is 10.9 Å². The van der Waals surface area contributed by atoms with Crippen molar-refractivity contribution in [2.45, 2.75) is 13.3 Å². The van der Waals surface area contributed by atoms with Crippen molar-refractivity contribution in [1.29, 1.82) is 0 Å². The van der Waals surface area contributed by atoms with E-state index in [1.54, 1.807) is 12.4 Å². The van der Waals surface area contributed by atoms with E-state index in [0.29, 0.717) is 5.15 Å². The summed E-state index contributed by atoms with van der Waals surface area (Å²) in [4.78, 5) is 8.20. The third-order valence-corrected chi connectivity index (χ3v) is 2.24. The second kappa shape index (κ2) is 3.30. The molecule has 0 aliphatic carbocycles. The van der Waals surface area contributed by atoms with Gasteiger partial charge in [-0.05, 0) is 24.1 Å². The predicted octanol–water partition coefficient (Wildman–Crippen LogP) is 2.85. The average molecular weight is 193 g/mol. The number of aryl methyl sites for hydroxylation is 1. The van der Waals surface area contributed by atoms with Crippen molar-refractivity contribution >= 4 is 22.5 Å². The van der Waals surface area contributed by atoms with Gasteiger partial charge in [-0.25, -0.2) is 4.98 Å². The first-order valence-corrected chi connectivity index (χ1v) is 4.58. The highest BCUT2D eigenvalue weighted by molar-refractivity contribution is 6.29. The van der Waals surface area contributed by atoms with Crippen molar-refractivity contribution < 1.29 is 0 Å². The molecule has 2 heterocycles. The molecule has 0 spiro atoms. The summed E-state index contributed by atoms with van der Waals surface area (Å²) in [6, 6.07) is 3.88. The number of aromatic nitrogens is 2. The second-order valence-corrected chi connectivity index (χ2v) is 3.24. The molecule has 2 rings (SSSR count). The van der Waals surface area contributed by atoms with Gasteiger partial charge in [-0.2, -0.15) is 0 Å². The van der Waals surface area contributed by atoms with Gasteiger partial charge < -0.3 is 0 Å². The van der Waals surface area contributed by atoms with Crippen LogP contribution in [0.4, 0.5) is 0 Å². The van der Waals surface area contributed by atoms with Crippen LogP contribution in [0.15, 0.2) is 24.5 Å². The van der Waals surface area contributed by atoms with E-state index in [1.165, 1.54) is 5.56 Å². The van der Waals surface area contributed by atoms with Gasteiger partial charge in [0.05, 0.1) is 11.7 Å². The first-order valence-electron chi connectivity index (χ1n) is 4.20. The summed E-state index contributed by atoms with van der Waals surface area (Å²) in [5.41, 5.74) is 2.09. The predicted molar refractivity (Wildman–Crippen MR) is 53.9 cm³/mol. The lowest BCUT2D eigenvalue weighted by atomic mass is 10.1. The lowest BCUT2D eigenvalue weighted by molar-refractivity contribution is 1.14. The van der Waals surface area contributed by atoms with E-state index < -0.39 is 0 Å². The number of hydrogen-bond donors (Lipinski definition) is 0. The van der Waals surface area contributed by atoms with E-state index in [4.69, 9.17) is 11.6 Å². The van der Waals surface area contributed by atoms with Crippen LogP contribution in [0.2, 0.25) is 5.15 Å². The third kappa shape index (κ3) is 1.49. The Morgan fingerprint density at radius 1 is 1.46 bits per heavy atom. The molecule has 0 amide bonds. The van der Waals surface area contributed by atoms with Crippen molar-refractivity contribution in [2.75, 3.05) is 0 Å². The fourth-order valence-corrected chi connectivity index (χ4v) is 1.63. The second-order valence-electron chi connectivity index (χ2n) is 2.85. The molecule has 0 fully saturated rings. The summed E-state index contributed by atoms with van der Waals surface area (Å²) >= 11 is 5.86. The normalized spacial score (nSPS) is 10.6. The SMILES string of the molecule is CCc1cc(Cl)nc2cnccc12. The first kappa shape index (κ1) is 8.45. The number of fused-ring (bicyclic) bond motifs is 1. The number of nitrogens with zero attached hydrogens (tertiary/aromatic N) is 2. The van der Waals surface area contributed by atoms with Crippen molar-refractivity contribution in [1.82, 2.24) is 9.97 Å². The highest BCUT2D eigenvalue weighted by Crippen LogP contribution is 2.19. The highest BCUT2D eigenvalue weighted by atomic mass is 35.5. The van der Waals surface area contributed by atoms with Gasteiger partial charge in [0.25, 0.3) is 0 Å². The fourth-order valence-electron chi connectivity index (χ4n) is 1.41. The molecular weight excluding hydrogens is 184 g/mol. The summed E-state index contributed by atoms with van der Waals surface area (Å²) in [6.45, 7) is 2.10. The number of halogens is 1. The fraction of sp³-hybridized carbons (Fsp3) is 0.200. The van der Waals surface area contributed by atoms with Crippen molar-refractivity contribution in [3.8, 4) is 0 Å². The van der Waals surface area contributed by atoms with Gasteiger partial charge in [0.2, 0.25) is 0 Å². The maximum absolute atomic E-state index is 5.86. The van der Waals surface area contributed by atoms with Gasteiger partial charge in [-0.3, -0.25) is 4.98 Å². The van der Waals surface area contributed by atoms with Crippen molar-refractivity contribution in [3.05, 3.63) is 35.2 Å². The number of pyridine rings is 2. The molecule has 0 aliphatic rings. The molecule has 0 atom stereocenters. The van der Waals surface area contributed by atoms with E-state index >= 15 is 0 Å². The Bertz CT molecular complexity index is 440.